The molecule has 0 aliphatic rings. The molecule has 0 saturated carbocycles. The van der Waals surface area contributed by atoms with Crippen molar-refractivity contribution in [1.82, 2.24) is 0 Å². The second-order valence-electron chi connectivity index (χ2n) is 4.44. The summed E-state index contributed by atoms with van der Waals surface area (Å²) in [6, 6.07) is 12.3. The van der Waals surface area contributed by atoms with E-state index in [9.17, 15) is 4.39 Å². The summed E-state index contributed by atoms with van der Waals surface area (Å²) in [6.45, 7) is 0. The summed E-state index contributed by atoms with van der Waals surface area (Å²) in [4.78, 5) is 1.02. The van der Waals surface area contributed by atoms with Crippen LogP contribution in [-0.2, 0) is 6.42 Å². The van der Waals surface area contributed by atoms with Crippen LogP contribution in [0.1, 0.15) is 5.56 Å². The fourth-order valence-electron chi connectivity index (χ4n) is 1.80. The normalized spacial score (nSPS) is 12.4. The average Bonchev–Trinajstić information content (AvgIpc) is 2.42. The van der Waals surface area contributed by atoms with Gasteiger partial charge in [-0.25, -0.2) is 4.39 Å². The number of benzene rings is 2. The van der Waals surface area contributed by atoms with Gasteiger partial charge in [-0.15, -0.1) is 11.8 Å². The highest BCUT2D eigenvalue weighted by Crippen LogP contribution is 2.27. The minimum absolute atomic E-state index is 0.0608. The van der Waals surface area contributed by atoms with E-state index in [1.807, 2.05) is 24.3 Å². The summed E-state index contributed by atoms with van der Waals surface area (Å²) in [6.07, 6.45) is 0.621. The number of halogens is 3. The molecule has 1 unspecified atom stereocenters. The topological polar surface area (TPSA) is 26.0 Å². The van der Waals surface area contributed by atoms with Gasteiger partial charge in [0.15, 0.2) is 0 Å². The minimum Gasteiger partial charge on any atom is -0.327 e. The predicted octanol–water partition coefficient (Wildman–Crippen LogP) is 4.90. The van der Waals surface area contributed by atoms with Crippen LogP contribution < -0.4 is 5.73 Å². The molecule has 0 saturated heterocycles. The van der Waals surface area contributed by atoms with E-state index < -0.39 is 0 Å². The van der Waals surface area contributed by atoms with Gasteiger partial charge in [0.2, 0.25) is 0 Å². The largest absolute Gasteiger partial charge is 0.327 e. The van der Waals surface area contributed by atoms with E-state index in [-0.39, 0.29) is 11.9 Å². The summed E-state index contributed by atoms with van der Waals surface area (Å²) < 4.78 is 14.1. The Morgan fingerprint density at radius 1 is 1.25 bits per heavy atom. The zero-order valence-electron chi connectivity index (χ0n) is 10.7. The van der Waals surface area contributed by atoms with Gasteiger partial charge in [0.05, 0.1) is 5.02 Å². The molecular weight excluding hydrogens is 361 g/mol. The Kier molecular flexibility index (Phi) is 5.90. The second-order valence-corrected chi connectivity index (χ2v) is 6.76. The molecule has 0 fully saturated rings. The van der Waals surface area contributed by atoms with Gasteiger partial charge in [-0.3, -0.25) is 0 Å². The van der Waals surface area contributed by atoms with E-state index in [2.05, 4.69) is 15.9 Å². The van der Waals surface area contributed by atoms with Crippen molar-refractivity contribution in [2.24, 2.45) is 5.73 Å². The van der Waals surface area contributed by atoms with E-state index in [1.165, 1.54) is 12.1 Å². The minimum atomic E-state index is -0.242. The van der Waals surface area contributed by atoms with Crippen molar-refractivity contribution in [3.05, 3.63) is 63.3 Å². The van der Waals surface area contributed by atoms with Crippen LogP contribution in [0.2, 0.25) is 5.02 Å². The molecule has 0 amide bonds. The van der Waals surface area contributed by atoms with Gasteiger partial charge in [0.1, 0.15) is 5.82 Å². The van der Waals surface area contributed by atoms with Crippen LogP contribution in [0.15, 0.2) is 51.8 Å². The van der Waals surface area contributed by atoms with Crippen LogP contribution in [0.5, 0.6) is 0 Å². The number of nitrogens with two attached hydrogens (primary N) is 1. The van der Waals surface area contributed by atoms with E-state index in [0.29, 0.717) is 6.42 Å². The first-order valence-electron chi connectivity index (χ1n) is 6.13. The Bertz CT molecular complexity index is 594. The molecule has 0 aromatic heterocycles. The Morgan fingerprint density at radius 3 is 2.75 bits per heavy atom. The van der Waals surface area contributed by atoms with Crippen LogP contribution >= 0.6 is 39.3 Å². The molecule has 2 rings (SSSR count). The third-order valence-corrected chi connectivity index (χ3v) is 5.26. The van der Waals surface area contributed by atoms with Gasteiger partial charge in [-0.1, -0.05) is 39.7 Å². The second kappa shape index (κ2) is 7.46. The van der Waals surface area contributed by atoms with Crippen LogP contribution in [0, 0.1) is 5.82 Å². The van der Waals surface area contributed by atoms with Crippen molar-refractivity contribution in [3.63, 3.8) is 0 Å². The lowest BCUT2D eigenvalue weighted by atomic mass is 10.1. The molecule has 5 heteroatoms. The van der Waals surface area contributed by atoms with Crippen LogP contribution in [0.25, 0.3) is 0 Å². The highest BCUT2D eigenvalue weighted by molar-refractivity contribution is 9.10. The highest BCUT2D eigenvalue weighted by atomic mass is 79.9. The van der Waals surface area contributed by atoms with Gasteiger partial charge >= 0.3 is 0 Å². The molecule has 0 bridgehead atoms. The maximum atomic E-state index is 13.2. The van der Waals surface area contributed by atoms with Crippen LogP contribution in [-0.4, -0.2) is 11.8 Å². The van der Waals surface area contributed by atoms with Gasteiger partial charge < -0.3 is 5.73 Å². The van der Waals surface area contributed by atoms with E-state index in [4.69, 9.17) is 17.3 Å². The molecule has 2 N–H and O–H groups in total. The van der Waals surface area contributed by atoms with Crippen molar-refractivity contribution in [1.29, 1.82) is 0 Å². The van der Waals surface area contributed by atoms with Crippen molar-refractivity contribution in [2.75, 3.05) is 5.75 Å². The molecular formula is C15H14BrClFNS. The van der Waals surface area contributed by atoms with E-state index in [1.54, 1.807) is 17.8 Å². The van der Waals surface area contributed by atoms with Crippen molar-refractivity contribution < 1.29 is 4.39 Å². The molecule has 1 nitrogen and oxygen atoms in total. The van der Waals surface area contributed by atoms with Crippen LogP contribution in [0.4, 0.5) is 4.39 Å². The average molecular weight is 375 g/mol. The summed E-state index contributed by atoms with van der Waals surface area (Å²) in [5.41, 5.74) is 7.00. The quantitative estimate of drug-likeness (QED) is 0.753. The first kappa shape index (κ1) is 15.8. The number of hydrogen-bond acceptors (Lipinski definition) is 2. The molecule has 106 valence electrons. The fourth-order valence-corrected chi connectivity index (χ4v) is 3.40. The van der Waals surface area contributed by atoms with Crippen LogP contribution in [0.3, 0.4) is 0 Å². The predicted molar refractivity (Wildman–Crippen MR) is 88.0 cm³/mol. The molecule has 20 heavy (non-hydrogen) atoms. The summed E-state index contributed by atoms with van der Waals surface area (Å²) in [7, 11) is 0. The molecule has 0 radical (unpaired) electrons. The SMILES string of the molecule is NC(CSc1ccccc1Cl)Cc1cc(F)ccc1Br. The monoisotopic (exact) mass is 373 g/mol. The number of thioether (sulfide) groups is 1. The lowest BCUT2D eigenvalue weighted by Gasteiger charge is -2.13. The smallest absolute Gasteiger partial charge is 0.123 e. The Morgan fingerprint density at radius 2 is 2.00 bits per heavy atom. The molecule has 0 spiro atoms. The van der Waals surface area contributed by atoms with Crippen molar-refractivity contribution >= 4 is 39.3 Å². The maximum Gasteiger partial charge on any atom is 0.123 e. The van der Waals surface area contributed by atoms with Gasteiger partial charge in [-0.2, -0.15) is 0 Å². The van der Waals surface area contributed by atoms with Gasteiger partial charge in [-0.05, 0) is 42.3 Å². The first-order chi connectivity index (χ1) is 9.56. The lowest BCUT2D eigenvalue weighted by molar-refractivity contribution is 0.622. The molecule has 1 atom stereocenters. The molecule has 0 aliphatic carbocycles. The van der Waals surface area contributed by atoms with E-state index in [0.717, 1.165) is 25.7 Å². The Labute approximate surface area is 135 Å². The maximum absolute atomic E-state index is 13.2. The molecule has 2 aromatic carbocycles. The summed E-state index contributed by atoms with van der Waals surface area (Å²) in [5.74, 6) is 0.487. The Hall–Kier alpha value is -0.550. The summed E-state index contributed by atoms with van der Waals surface area (Å²) >= 11 is 11.1. The fraction of sp³-hybridized carbons (Fsp3) is 0.200. The molecule has 0 heterocycles. The molecule has 2 aromatic rings. The third kappa shape index (κ3) is 4.48. The first-order valence-corrected chi connectivity index (χ1v) is 8.29. The van der Waals surface area contributed by atoms with Crippen molar-refractivity contribution in [2.45, 2.75) is 17.4 Å². The van der Waals surface area contributed by atoms with Crippen molar-refractivity contribution in [3.8, 4) is 0 Å². The lowest BCUT2D eigenvalue weighted by Crippen LogP contribution is -2.25. The molecule has 0 aliphatic heterocycles. The van der Waals surface area contributed by atoms with Gasteiger partial charge in [0, 0.05) is 21.2 Å². The zero-order valence-corrected chi connectivity index (χ0v) is 13.8. The number of hydrogen-bond donors (Lipinski definition) is 1. The van der Waals surface area contributed by atoms with E-state index >= 15 is 0 Å². The number of rotatable bonds is 5. The summed E-state index contributed by atoms with van der Waals surface area (Å²) in [5, 5.41) is 0.733. The third-order valence-electron chi connectivity index (χ3n) is 2.78. The Balaban J connectivity index is 1.94. The van der Waals surface area contributed by atoms with Gasteiger partial charge in [0.25, 0.3) is 0 Å². The highest BCUT2D eigenvalue weighted by Gasteiger charge is 2.10. The zero-order chi connectivity index (χ0) is 14.5. The standard InChI is InChI=1S/C15H14BrClFNS/c16-13-6-5-11(18)7-10(13)8-12(19)9-20-15-4-2-1-3-14(15)17/h1-7,12H,8-9,19H2.